The summed E-state index contributed by atoms with van der Waals surface area (Å²) in [5, 5.41) is 2.51. The van der Waals surface area contributed by atoms with Gasteiger partial charge in [0.1, 0.15) is 11.3 Å². The Morgan fingerprint density at radius 1 is 1.19 bits per heavy atom. The van der Waals surface area contributed by atoms with Crippen LogP contribution in [0.2, 0.25) is 0 Å². The molecule has 1 N–H and O–H groups in total. The molecular formula is C14H27NO5S. The van der Waals surface area contributed by atoms with Gasteiger partial charge in [0.2, 0.25) is 5.91 Å². The van der Waals surface area contributed by atoms with Crippen molar-refractivity contribution in [3.8, 4) is 0 Å². The maximum atomic E-state index is 12.0. The van der Waals surface area contributed by atoms with E-state index in [-0.39, 0.29) is 24.2 Å². The highest BCUT2D eigenvalue weighted by Crippen LogP contribution is 2.18. The zero-order chi connectivity index (χ0) is 16.8. The van der Waals surface area contributed by atoms with Gasteiger partial charge in [0.15, 0.2) is 9.84 Å². The van der Waals surface area contributed by atoms with Gasteiger partial charge in [0.05, 0.1) is 12.4 Å². The molecule has 1 atom stereocenters. The van der Waals surface area contributed by atoms with Crippen LogP contribution < -0.4 is 5.32 Å². The van der Waals surface area contributed by atoms with E-state index in [1.54, 1.807) is 41.5 Å². The van der Waals surface area contributed by atoms with Crippen molar-refractivity contribution in [1.82, 2.24) is 5.32 Å². The average molecular weight is 321 g/mol. The number of amides is 1. The Hall–Kier alpha value is -1.11. The van der Waals surface area contributed by atoms with E-state index >= 15 is 0 Å². The Balaban J connectivity index is 4.97. The highest BCUT2D eigenvalue weighted by atomic mass is 32.2. The molecule has 0 aliphatic rings. The van der Waals surface area contributed by atoms with Crippen molar-refractivity contribution in [3.05, 3.63) is 0 Å². The Morgan fingerprint density at radius 3 is 2.10 bits per heavy atom. The van der Waals surface area contributed by atoms with E-state index < -0.39 is 33.0 Å². The van der Waals surface area contributed by atoms with Crippen molar-refractivity contribution >= 4 is 21.7 Å². The number of hydrogen-bond acceptors (Lipinski definition) is 5. The second kappa shape index (κ2) is 7.77. The van der Waals surface area contributed by atoms with Crippen molar-refractivity contribution in [2.45, 2.75) is 47.1 Å². The van der Waals surface area contributed by atoms with E-state index in [0.717, 1.165) is 0 Å². The van der Waals surface area contributed by atoms with Gasteiger partial charge >= 0.3 is 5.97 Å². The number of ether oxygens (including phenoxy) is 1. The SMILES string of the molecule is CCOC(=O)C(C)(NC(=O)CS(=O)(=O)CC(C)C)C(C)C. The van der Waals surface area contributed by atoms with Crippen LogP contribution in [0.5, 0.6) is 0 Å². The first-order valence-electron chi connectivity index (χ1n) is 7.13. The highest BCUT2D eigenvalue weighted by Gasteiger charge is 2.40. The fraction of sp³-hybridized carbons (Fsp3) is 0.857. The fourth-order valence-electron chi connectivity index (χ4n) is 1.80. The van der Waals surface area contributed by atoms with Crippen LogP contribution in [0.15, 0.2) is 0 Å². The van der Waals surface area contributed by atoms with Crippen LogP contribution >= 0.6 is 0 Å². The molecule has 21 heavy (non-hydrogen) atoms. The number of rotatable bonds is 8. The number of esters is 1. The summed E-state index contributed by atoms with van der Waals surface area (Å²) >= 11 is 0. The standard InChI is InChI=1S/C14H27NO5S/c1-7-20-13(17)14(6,11(4)5)15-12(16)9-21(18,19)8-10(2)3/h10-11H,7-9H2,1-6H3,(H,15,16). The van der Waals surface area contributed by atoms with Crippen LogP contribution in [0.1, 0.15) is 41.5 Å². The maximum Gasteiger partial charge on any atom is 0.331 e. The van der Waals surface area contributed by atoms with E-state index in [1.807, 2.05) is 0 Å². The van der Waals surface area contributed by atoms with Gasteiger partial charge in [-0.1, -0.05) is 27.7 Å². The molecule has 0 aromatic carbocycles. The summed E-state index contributed by atoms with van der Waals surface area (Å²) in [6.07, 6.45) is 0. The average Bonchev–Trinajstić information content (AvgIpc) is 2.25. The van der Waals surface area contributed by atoms with E-state index in [0.29, 0.717) is 0 Å². The predicted octanol–water partition coefficient (Wildman–Crippen LogP) is 1.15. The molecule has 0 aliphatic heterocycles. The molecule has 0 spiro atoms. The van der Waals surface area contributed by atoms with Crippen molar-refractivity contribution in [2.24, 2.45) is 11.8 Å². The second-order valence-corrected chi connectivity index (χ2v) is 8.18. The summed E-state index contributed by atoms with van der Waals surface area (Å²) in [6, 6.07) is 0. The maximum absolute atomic E-state index is 12.0. The molecule has 1 unspecified atom stereocenters. The van der Waals surface area contributed by atoms with E-state index in [9.17, 15) is 18.0 Å². The van der Waals surface area contributed by atoms with Crippen molar-refractivity contribution in [3.63, 3.8) is 0 Å². The highest BCUT2D eigenvalue weighted by molar-refractivity contribution is 7.92. The zero-order valence-corrected chi connectivity index (χ0v) is 14.5. The monoisotopic (exact) mass is 321 g/mol. The molecule has 6 nitrogen and oxygen atoms in total. The quantitative estimate of drug-likeness (QED) is 0.677. The normalized spacial score (nSPS) is 14.9. The van der Waals surface area contributed by atoms with Gasteiger partial charge in [0.25, 0.3) is 0 Å². The lowest BCUT2D eigenvalue weighted by molar-refractivity contribution is -0.154. The van der Waals surface area contributed by atoms with E-state index in [4.69, 9.17) is 4.74 Å². The molecule has 0 rings (SSSR count). The van der Waals surface area contributed by atoms with Gasteiger partial charge in [-0.3, -0.25) is 4.79 Å². The largest absolute Gasteiger partial charge is 0.464 e. The van der Waals surface area contributed by atoms with Crippen LogP contribution in [0.3, 0.4) is 0 Å². The van der Waals surface area contributed by atoms with Gasteiger partial charge in [-0.25, -0.2) is 13.2 Å². The molecule has 0 radical (unpaired) electrons. The van der Waals surface area contributed by atoms with Crippen LogP contribution in [-0.4, -0.2) is 43.9 Å². The smallest absolute Gasteiger partial charge is 0.331 e. The molecular weight excluding hydrogens is 294 g/mol. The third kappa shape index (κ3) is 6.46. The summed E-state index contributed by atoms with van der Waals surface area (Å²) in [5.74, 6) is -2.20. The number of carbonyl (C=O) groups excluding carboxylic acids is 2. The Kier molecular flexibility index (Phi) is 7.36. The summed E-state index contributed by atoms with van der Waals surface area (Å²) in [6.45, 7) is 10.5. The van der Waals surface area contributed by atoms with Crippen molar-refractivity contribution < 1.29 is 22.7 Å². The fourth-order valence-corrected chi connectivity index (χ4v) is 3.41. The lowest BCUT2D eigenvalue weighted by Gasteiger charge is -2.32. The molecule has 1 amide bonds. The van der Waals surface area contributed by atoms with Crippen LogP contribution in [0.4, 0.5) is 0 Å². The molecule has 0 saturated heterocycles. The third-order valence-electron chi connectivity index (χ3n) is 3.19. The number of hydrogen-bond donors (Lipinski definition) is 1. The van der Waals surface area contributed by atoms with Gasteiger partial charge in [0, 0.05) is 0 Å². The topological polar surface area (TPSA) is 89.5 Å². The minimum atomic E-state index is -3.48. The summed E-state index contributed by atoms with van der Waals surface area (Å²) in [4.78, 5) is 24.0. The Morgan fingerprint density at radius 2 is 1.71 bits per heavy atom. The Labute approximate surface area is 127 Å². The van der Waals surface area contributed by atoms with Crippen molar-refractivity contribution in [2.75, 3.05) is 18.1 Å². The van der Waals surface area contributed by atoms with Gasteiger partial charge in [-0.15, -0.1) is 0 Å². The minimum Gasteiger partial charge on any atom is -0.464 e. The van der Waals surface area contributed by atoms with Gasteiger partial charge in [-0.05, 0) is 25.7 Å². The van der Waals surface area contributed by atoms with Crippen LogP contribution in [0, 0.1) is 11.8 Å². The first kappa shape index (κ1) is 19.9. The molecule has 0 aromatic rings. The minimum absolute atomic E-state index is 0.0515. The molecule has 7 heteroatoms. The van der Waals surface area contributed by atoms with E-state index in [2.05, 4.69) is 5.32 Å². The third-order valence-corrected chi connectivity index (χ3v) is 5.07. The molecule has 0 aliphatic carbocycles. The molecule has 0 saturated carbocycles. The van der Waals surface area contributed by atoms with Gasteiger partial charge in [-0.2, -0.15) is 0 Å². The number of nitrogens with one attached hydrogen (secondary N) is 1. The first-order chi connectivity index (χ1) is 9.44. The molecule has 0 fully saturated rings. The number of sulfone groups is 1. The molecule has 0 aromatic heterocycles. The summed E-state index contributed by atoms with van der Waals surface area (Å²) in [5.41, 5.74) is -1.24. The number of carbonyl (C=O) groups is 2. The van der Waals surface area contributed by atoms with Gasteiger partial charge < -0.3 is 10.1 Å². The van der Waals surface area contributed by atoms with Crippen LogP contribution in [-0.2, 0) is 24.2 Å². The Bertz CT molecular complexity index is 470. The first-order valence-corrected chi connectivity index (χ1v) is 8.95. The summed E-state index contributed by atoms with van der Waals surface area (Å²) < 4.78 is 28.6. The molecule has 0 heterocycles. The second-order valence-electron chi connectivity index (χ2n) is 6.07. The lowest BCUT2D eigenvalue weighted by atomic mass is 9.88. The summed E-state index contributed by atoms with van der Waals surface area (Å²) in [7, 11) is -3.48. The van der Waals surface area contributed by atoms with Crippen LogP contribution in [0.25, 0.3) is 0 Å². The van der Waals surface area contributed by atoms with E-state index in [1.165, 1.54) is 0 Å². The zero-order valence-electron chi connectivity index (χ0n) is 13.7. The van der Waals surface area contributed by atoms with Crippen molar-refractivity contribution in [1.29, 1.82) is 0 Å². The molecule has 0 bridgehead atoms. The molecule has 124 valence electrons. The lowest BCUT2D eigenvalue weighted by Crippen LogP contribution is -2.57. The predicted molar refractivity (Wildman–Crippen MR) is 81.5 cm³/mol.